The van der Waals surface area contributed by atoms with Gasteiger partial charge in [-0.1, -0.05) is 68.4 Å². The number of esters is 1. The van der Waals surface area contributed by atoms with Crippen molar-refractivity contribution in [1.29, 1.82) is 0 Å². The van der Waals surface area contributed by atoms with Gasteiger partial charge in [0.15, 0.2) is 6.10 Å². The van der Waals surface area contributed by atoms with Crippen LogP contribution in [0.3, 0.4) is 0 Å². The van der Waals surface area contributed by atoms with Crippen molar-refractivity contribution in [3.05, 3.63) is 41.5 Å². The molecule has 0 aromatic heterocycles. The molecule has 0 saturated carbocycles. The summed E-state index contributed by atoms with van der Waals surface area (Å²) >= 11 is 0. The number of carbonyl (C=O) groups excluding carboxylic acids is 1. The monoisotopic (exact) mass is 674 g/mol. The molecule has 2 aromatic carbocycles. The number of hydrogen-bond acceptors (Lipinski definition) is 7. The highest BCUT2D eigenvalue weighted by Gasteiger charge is 2.44. The van der Waals surface area contributed by atoms with E-state index in [1.165, 1.54) is 6.92 Å². The number of carbonyl (C=O) groups is 1. The molecular formula is C35H58O7Si3. The van der Waals surface area contributed by atoms with Crippen molar-refractivity contribution >= 4 is 30.9 Å². The predicted molar refractivity (Wildman–Crippen MR) is 191 cm³/mol. The summed E-state index contributed by atoms with van der Waals surface area (Å²) in [5.74, 6) is 2.14. The summed E-state index contributed by atoms with van der Waals surface area (Å²) < 4.78 is 32.7. The third-order valence-electron chi connectivity index (χ3n) is 10.3. The molecule has 252 valence electrons. The highest BCUT2D eigenvalue weighted by atomic mass is 28.4. The minimum Gasteiger partial charge on any atom is -0.543 e. The molecule has 10 heteroatoms. The van der Waals surface area contributed by atoms with E-state index >= 15 is 0 Å². The molecule has 45 heavy (non-hydrogen) atoms. The molecule has 1 aliphatic rings. The summed E-state index contributed by atoms with van der Waals surface area (Å²) in [7, 11) is -6.62. The molecular weight excluding hydrogens is 617 g/mol. The van der Waals surface area contributed by atoms with Crippen molar-refractivity contribution in [1.82, 2.24) is 0 Å². The van der Waals surface area contributed by atoms with Gasteiger partial charge in [0.25, 0.3) is 16.6 Å². The van der Waals surface area contributed by atoms with Gasteiger partial charge in [0.05, 0.1) is 0 Å². The summed E-state index contributed by atoms with van der Waals surface area (Å²) in [4.78, 5) is 12.3. The maximum absolute atomic E-state index is 12.3. The van der Waals surface area contributed by atoms with Gasteiger partial charge in [0, 0.05) is 31.0 Å². The molecule has 1 aliphatic heterocycles. The van der Waals surface area contributed by atoms with Crippen molar-refractivity contribution in [3.8, 4) is 28.7 Å². The molecule has 0 saturated heterocycles. The van der Waals surface area contributed by atoms with Crippen LogP contribution in [-0.4, -0.2) is 42.1 Å². The van der Waals surface area contributed by atoms with Gasteiger partial charge < -0.3 is 27.9 Å². The van der Waals surface area contributed by atoms with Crippen molar-refractivity contribution < 1.29 is 32.7 Å². The van der Waals surface area contributed by atoms with Gasteiger partial charge in [0.1, 0.15) is 34.9 Å². The number of fused-ring (bicyclic) bond motifs is 1. The van der Waals surface area contributed by atoms with Gasteiger partial charge in [0.2, 0.25) is 8.32 Å². The average molecular weight is 675 g/mol. The normalized spacial score (nSPS) is 18.0. The van der Waals surface area contributed by atoms with Gasteiger partial charge in [-0.15, -0.1) is 0 Å². The van der Waals surface area contributed by atoms with Crippen LogP contribution in [0, 0.1) is 0 Å². The number of phenolic OH excluding ortho intramolecular Hbond substituents is 1. The lowest BCUT2D eigenvalue weighted by molar-refractivity contribution is -0.152. The first-order valence-electron chi connectivity index (χ1n) is 16.1. The number of hydrogen-bond donors (Lipinski definition) is 1. The summed E-state index contributed by atoms with van der Waals surface area (Å²) in [5.41, 5.74) is 1.40. The highest BCUT2D eigenvalue weighted by molar-refractivity contribution is 6.75. The second kappa shape index (κ2) is 12.3. The van der Waals surface area contributed by atoms with Crippen molar-refractivity contribution in [2.45, 2.75) is 142 Å². The Labute approximate surface area is 275 Å². The first-order chi connectivity index (χ1) is 20.1. The van der Waals surface area contributed by atoms with E-state index in [0.717, 1.165) is 11.3 Å². The molecule has 0 bridgehead atoms. The minimum atomic E-state index is -2.26. The maximum atomic E-state index is 12.3. The number of aromatic hydroxyl groups is 1. The van der Waals surface area contributed by atoms with Gasteiger partial charge in [-0.25, -0.2) is 0 Å². The summed E-state index contributed by atoms with van der Waals surface area (Å²) in [6.45, 7) is 34.5. The fourth-order valence-corrected chi connectivity index (χ4v) is 7.32. The van der Waals surface area contributed by atoms with Crippen LogP contribution in [0.2, 0.25) is 54.4 Å². The lowest BCUT2D eigenvalue weighted by Crippen LogP contribution is -2.45. The van der Waals surface area contributed by atoms with Crippen LogP contribution < -0.4 is 18.0 Å². The summed E-state index contributed by atoms with van der Waals surface area (Å²) in [5, 5.41) is 11.0. The number of phenols is 1. The lowest BCUT2D eigenvalue weighted by Gasteiger charge is -2.40. The fraction of sp³-hybridized carbons (Fsp3) is 0.629. The van der Waals surface area contributed by atoms with E-state index in [1.807, 2.05) is 24.3 Å². The molecule has 1 N–H and O–H groups in total. The number of ether oxygens (including phenoxy) is 2. The van der Waals surface area contributed by atoms with Crippen LogP contribution >= 0.6 is 0 Å². The molecule has 0 amide bonds. The Hall–Kier alpha value is -2.44. The van der Waals surface area contributed by atoms with Gasteiger partial charge in [-0.3, -0.25) is 4.79 Å². The lowest BCUT2D eigenvalue weighted by atomic mass is 9.93. The minimum absolute atomic E-state index is 0.00270. The quantitative estimate of drug-likeness (QED) is 0.220. The third kappa shape index (κ3) is 8.29. The van der Waals surface area contributed by atoms with E-state index in [2.05, 4.69) is 102 Å². The molecule has 2 aromatic rings. The molecule has 2 atom stereocenters. The van der Waals surface area contributed by atoms with Crippen LogP contribution in [-0.2, 0) is 16.0 Å². The highest BCUT2D eigenvalue weighted by Crippen LogP contribution is 2.48. The Kier molecular flexibility index (Phi) is 10.1. The Morgan fingerprint density at radius 3 is 1.73 bits per heavy atom. The zero-order chi connectivity index (χ0) is 34.6. The zero-order valence-electron chi connectivity index (χ0n) is 30.6. The zero-order valence-corrected chi connectivity index (χ0v) is 33.6. The Morgan fingerprint density at radius 1 is 0.756 bits per heavy atom. The molecule has 0 unspecified atom stereocenters. The number of benzene rings is 2. The van der Waals surface area contributed by atoms with E-state index in [9.17, 15) is 9.90 Å². The maximum Gasteiger partial charge on any atom is 0.303 e. The Bertz CT molecular complexity index is 1400. The molecule has 1 heterocycles. The summed E-state index contributed by atoms with van der Waals surface area (Å²) in [6, 6.07) is 9.44. The summed E-state index contributed by atoms with van der Waals surface area (Å²) in [6.07, 6.45) is -0.986. The second-order valence-electron chi connectivity index (χ2n) is 17.1. The average Bonchev–Trinajstić information content (AvgIpc) is 2.82. The van der Waals surface area contributed by atoms with Crippen LogP contribution in [0.25, 0.3) is 0 Å². The van der Waals surface area contributed by atoms with Crippen LogP contribution in [0.5, 0.6) is 28.7 Å². The van der Waals surface area contributed by atoms with E-state index in [1.54, 1.807) is 6.07 Å². The standard InChI is InChI=1S/C35H58O7Si3/c1-23(36)38-31-22-26-27(37)20-25(40-43(11,12)33(2,3)4)21-29(26)39-32(31)24-17-18-28(41-44(13,14)34(5,6)7)30(19-24)42-45(15,16)35(8,9)10/h17-21,31-32,37H,22H2,1-16H3/t31-,32+/m0/s1. The molecule has 7 nitrogen and oxygen atoms in total. The molecule has 0 aliphatic carbocycles. The fourth-order valence-electron chi connectivity index (χ4n) is 4.26. The predicted octanol–water partition coefficient (Wildman–Crippen LogP) is 10.2. The van der Waals surface area contributed by atoms with Crippen molar-refractivity contribution in [2.24, 2.45) is 0 Å². The first kappa shape index (κ1) is 37.0. The van der Waals surface area contributed by atoms with Crippen molar-refractivity contribution in [3.63, 3.8) is 0 Å². The van der Waals surface area contributed by atoms with Crippen LogP contribution in [0.15, 0.2) is 30.3 Å². The van der Waals surface area contributed by atoms with E-state index in [-0.39, 0.29) is 20.9 Å². The van der Waals surface area contributed by atoms with Gasteiger partial charge >= 0.3 is 5.97 Å². The largest absolute Gasteiger partial charge is 0.543 e. The topological polar surface area (TPSA) is 83.5 Å². The van der Waals surface area contributed by atoms with Gasteiger partial charge in [-0.05, 0) is 72.1 Å². The second-order valence-corrected chi connectivity index (χ2v) is 31.3. The van der Waals surface area contributed by atoms with Crippen molar-refractivity contribution in [2.75, 3.05) is 0 Å². The molecule has 0 fully saturated rings. The van der Waals surface area contributed by atoms with Gasteiger partial charge in [-0.2, -0.15) is 0 Å². The van der Waals surface area contributed by atoms with Crippen LogP contribution in [0.1, 0.15) is 86.5 Å². The smallest absolute Gasteiger partial charge is 0.303 e. The van der Waals surface area contributed by atoms with E-state index < -0.39 is 43.1 Å². The molecule has 0 radical (unpaired) electrons. The van der Waals surface area contributed by atoms with E-state index in [0.29, 0.717) is 29.2 Å². The molecule has 0 spiro atoms. The SMILES string of the molecule is CC(=O)O[C@H]1Cc2c(O)cc(O[Si](C)(C)C(C)(C)C)cc2O[C@@H]1c1ccc(O[Si](C)(C)C(C)(C)C)c(O[Si](C)(C)C(C)(C)C)c1. The number of rotatable bonds is 8. The third-order valence-corrected chi connectivity index (χ3v) is 23.3. The van der Waals surface area contributed by atoms with Crippen LogP contribution in [0.4, 0.5) is 0 Å². The first-order valence-corrected chi connectivity index (χ1v) is 24.8. The Balaban J connectivity index is 2.14. The van der Waals surface area contributed by atoms with E-state index in [4.69, 9.17) is 22.8 Å². The Morgan fingerprint density at radius 2 is 1.24 bits per heavy atom. The molecule has 3 rings (SSSR count).